The number of hydrogen-bond donors (Lipinski definition) is 1. The summed E-state index contributed by atoms with van der Waals surface area (Å²) in [6.45, 7) is 5.64. The average Bonchev–Trinajstić information content (AvgIpc) is 2.06. The Labute approximate surface area is 93.6 Å². The summed E-state index contributed by atoms with van der Waals surface area (Å²) in [6, 6.07) is 0. The van der Waals surface area contributed by atoms with Gasteiger partial charge in [0, 0.05) is 12.8 Å². The first-order valence-electron chi connectivity index (χ1n) is 5.85. The van der Waals surface area contributed by atoms with Crippen LogP contribution in [0.2, 0.25) is 0 Å². The quantitative estimate of drug-likeness (QED) is 0.758. The maximum absolute atomic E-state index is 11.8. The molecule has 0 amide bonds. The predicted octanol–water partition coefficient (Wildman–Crippen LogP) is 1.59. The van der Waals surface area contributed by atoms with Crippen LogP contribution in [0, 0.1) is 5.92 Å². The molecule has 0 aromatic carbocycles. The molecule has 1 fully saturated rings. The molecule has 0 aliphatic heterocycles. The summed E-state index contributed by atoms with van der Waals surface area (Å²) >= 11 is 0. The minimum atomic E-state index is -2.91. The highest BCUT2D eigenvalue weighted by molar-refractivity contribution is 7.92. The Morgan fingerprint density at radius 1 is 1.33 bits per heavy atom. The molecular formula is C11H23NO2S. The Balaban J connectivity index is 2.60. The van der Waals surface area contributed by atoms with Crippen LogP contribution in [0.25, 0.3) is 0 Å². The Kier molecular flexibility index (Phi) is 4.18. The molecule has 0 unspecified atom stereocenters. The SMILES string of the molecule is CCCC1CC(CNCC)(S(C)(=O)=O)C1. The molecule has 0 bridgehead atoms. The fourth-order valence-electron chi connectivity index (χ4n) is 2.54. The largest absolute Gasteiger partial charge is 0.315 e. The van der Waals surface area contributed by atoms with Gasteiger partial charge in [-0.15, -0.1) is 0 Å². The monoisotopic (exact) mass is 233 g/mol. The molecule has 1 rings (SSSR count). The average molecular weight is 233 g/mol. The fraction of sp³-hybridized carbons (Fsp3) is 1.00. The zero-order chi connectivity index (χ0) is 11.5. The molecule has 0 saturated heterocycles. The van der Waals surface area contributed by atoms with Crippen LogP contribution in [-0.4, -0.2) is 32.5 Å². The number of sulfone groups is 1. The second-order valence-electron chi connectivity index (χ2n) is 4.80. The van der Waals surface area contributed by atoms with Crippen molar-refractivity contribution in [3.63, 3.8) is 0 Å². The summed E-state index contributed by atoms with van der Waals surface area (Å²) in [4.78, 5) is 0. The van der Waals surface area contributed by atoms with Gasteiger partial charge in [0.2, 0.25) is 0 Å². The first-order chi connectivity index (χ1) is 6.95. The van der Waals surface area contributed by atoms with Crippen molar-refractivity contribution in [3.05, 3.63) is 0 Å². The lowest BCUT2D eigenvalue weighted by atomic mass is 9.72. The minimum absolute atomic E-state index is 0.456. The summed E-state index contributed by atoms with van der Waals surface area (Å²) in [5, 5.41) is 3.18. The van der Waals surface area contributed by atoms with Gasteiger partial charge in [0.05, 0.1) is 4.75 Å². The van der Waals surface area contributed by atoms with E-state index in [9.17, 15) is 8.42 Å². The van der Waals surface area contributed by atoms with Crippen molar-refractivity contribution in [2.45, 2.75) is 44.3 Å². The number of rotatable bonds is 6. The zero-order valence-corrected chi connectivity index (χ0v) is 10.9. The Hall–Kier alpha value is -0.0900. The van der Waals surface area contributed by atoms with E-state index in [-0.39, 0.29) is 0 Å². The minimum Gasteiger partial charge on any atom is -0.315 e. The first-order valence-corrected chi connectivity index (χ1v) is 7.74. The van der Waals surface area contributed by atoms with Gasteiger partial charge in [-0.25, -0.2) is 8.42 Å². The third kappa shape index (κ3) is 2.72. The van der Waals surface area contributed by atoms with E-state index in [0.29, 0.717) is 12.5 Å². The molecule has 1 aliphatic rings. The van der Waals surface area contributed by atoms with Gasteiger partial charge in [-0.2, -0.15) is 0 Å². The van der Waals surface area contributed by atoms with Crippen molar-refractivity contribution >= 4 is 9.84 Å². The molecule has 15 heavy (non-hydrogen) atoms. The molecule has 0 heterocycles. The smallest absolute Gasteiger partial charge is 0.154 e. The molecule has 90 valence electrons. The van der Waals surface area contributed by atoms with Crippen LogP contribution in [0.3, 0.4) is 0 Å². The maximum atomic E-state index is 11.8. The molecular weight excluding hydrogens is 210 g/mol. The van der Waals surface area contributed by atoms with Crippen molar-refractivity contribution in [2.24, 2.45) is 5.92 Å². The predicted molar refractivity (Wildman–Crippen MR) is 63.8 cm³/mol. The van der Waals surface area contributed by atoms with E-state index in [1.165, 1.54) is 12.7 Å². The molecule has 1 aliphatic carbocycles. The van der Waals surface area contributed by atoms with Gasteiger partial charge in [-0.1, -0.05) is 26.7 Å². The highest BCUT2D eigenvalue weighted by atomic mass is 32.2. The summed E-state index contributed by atoms with van der Waals surface area (Å²) < 4.78 is 23.0. The van der Waals surface area contributed by atoms with Gasteiger partial charge in [-0.3, -0.25) is 0 Å². The number of hydrogen-bond acceptors (Lipinski definition) is 3. The lowest BCUT2D eigenvalue weighted by Crippen LogP contribution is -2.56. The van der Waals surface area contributed by atoms with E-state index in [1.54, 1.807) is 0 Å². The highest BCUT2D eigenvalue weighted by Gasteiger charge is 2.50. The summed E-state index contributed by atoms with van der Waals surface area (Å²) in [5.41, 5.74) is 0. The van der Waals surface area contributed by atoms with E-state index < -0.39 is 14.6 Å². The molecule has 0 aromatic heterocycles. The van der Waals surface area contributed by atoms with E-state index in [0.717, 1.165) is 25.8 Å². The van der Waals surface area contributed by atoms with E-state index in [2.05, 4.69) is 12.2 Å². The fourth-order valence-corrected chi connectivity index (χ4v) is 3.98. The van der Waals surface area contributed by atoms with Gasteiger partial charge in [0.1, 0.15) is 0 Å². The maximum Gasteiger partial charge on any atom is 0.154 e. The van der Waals surface area contributed by atoms with Gasteiger partial charge >= 0.3 is 0 Å². The first kappa shape index (κ1) is 13.0. The topological polar surface area (TPSA) is 46.2 Å². The molecule has 0 radical (unpaired) electrons. The van der Waals surface area contributed by atoms with Crippen molar-refractivity contribution < 1.29 is 8.42 Å². The van der Waals surface area contributed by atoms with Crippen molar-refractivity contribution in [1.82, 2.24) is 5.32 Å². The third-order valence-electron chi connectivity index (χ3n) is 3.50. The van der Waals surface area contributed by atoms with E-state index >= 15 is 0 Å². The number of nitrogens with one attached hydrogen (secondary N) is 1. The van der Waals surface area contributed by atoms with Crippen LogP contribution in [0.15, 0.2) is 0 Å². The van der Waals surface area contributed by atoms with Crippen LogP contribution in [0.5, 0.6) is 0 Å². The highest BCUT2D eigenvalue weighted by Crippen LogP contribution is 2.45. The van der Waals surface area contributed by atoms with Crippen LogP contribution in [0.1, 0.15) is 39.5 Å². The third-order valence-corrected chi connectivity index (χ3v) is 5.55. The molecule has 1 N–H and O–H groups in total. The standard InChI is InChI=1S/C11H23NO2S/c1-4-6-10-7-11(8-10,9-12-5-2)15(3,13)14/h10,12H,4-9H2,1-3H3. The molecule has 0 spiro atoms. The van der Waals surface area contributed by atoms with E-state index in [1.807, 2.05) is 6.92 Å². The summed E-state index contributed by atoms with van der Waals surface area (Å²) in [5.74, 6) is 0.628. The lowest BCUT2D eigenvalue weighted by molar-refractivity contribution is 0.199. The van der Waals surface area contributed by atoms with Crippen molar-refractivity contribution in [3.8, 4) is 0 Å². The van der Waals surface area contributed by atoms with Crippen LogP contribution >= 0.6 is 0 Å². The normalized spacial score (nSPS) is 31.3. The van der Waals surface area contributed by atoms with Gasteiger partial charge in [-0.05, 0) is 25.3 Å². The Morgan fingerprint density at radius 2 is 1.93 bits per heavy atom. The molecule has 0 atom stereocenters. The van der Waals surface area contributed by atoms with Gasteiger partial charge in [0.15, 0.2) is 9.84 Å². The molecule has 0 aromatic rings. The van der Waals surface area contributed by atoms with Gasteiger partial charge in [0.25, 0.3) is 0 Å². The molecule has 4 heteroatoms. The van der Waals surface area contributed by atoms with Crippen molar-refractivity contribution in [2.75, 3.05) is 19.3 Å². The molecule has 1 saturated carbocycles. The second-order valence-corrected chi connectivity index (χ2v) is 7.21. The lowest BCUT2D eigenvalue weighted by Gasteiger charge is -2.46. The van der Waals surface area contributed by atoms with E-state index in [4.69, 9.17) is 0 Å². The summed E-state index contributed by atoms with van der Waals surface area (Å²) in [7, 11) is -2.91. The zero-order valence-electron chi connectivity index (χ0n) is 10.0. The Morgan fingerprint density at radius 3 is 2.33 bits per heavy atom. The Bertz CT molecular complexity index is 292. The van der Waals surface area contributed by atoms with Gasteiger partial charge < -0.3 is 5.32 Å². The van der Waals surface area contributed by atoms with Crippen LogP contribution < -0.4 is 5.32 Å². The summed E-state index contributed by atoms with van der Waals surface area (Å²) in [6.07, 6.45) is 5.42. The van der Waals surface area contributed by atoms with Crippen LogP contribution in [-0.2, 0) is 9.84 Å². The molecule has 3 nitrogen and oxygen atoms in total. The van der Waals surface area contributed by atoms with Crippen LogP contribution in [0.4, 0.5) is 0 Å². The second kappa shape index (κ2) is 4.83. The van der Waals surface area contributed by atoms with Crippen molar-refractivity contribution in [1.29, 1.82) is 0 Å².